The molecule has 0 bridgehead atoms. The van der Waals surface area contributed by atoms with Crippen molar-refractivity contribution in [3.05, 3.63) is 0 Å². The van der Waals surface area contributed by atoms with E-state index in [9.17, 15) is 0 Å². The van der Waals surface area contributed by atoms with Crippen LogP contribution in [0.3, 0.4) is 0 Å². The maximum atomic E-state index is 5.68. The summed E-state index contributed by atoms with van der Waals surface area (Å²) in [5.74, 6) is 1.21. The number of nitrogens with two attached hydrogens (primary N) is 1. The first-order chi connectivity index (χ1) is 8.13. The smallest absolute Gasteiger partial charge is 0.188 e. The monoisotopic (exact) mass is 370 g/mol. The molecule has 108 valence electrons. The quantitative estimate of drug-likeness (QED) is 0.429. The first kappa shape index (κ1) is 17.9. The molecule has 6 heteroatoms. The van der Waals surface area contributed by atoms with Crippen LogP contribution in [0.25, 0.3) is 0 Å². The Hall–Kier alpha value is -0.0800. The zero-order valence-corrected chi connectivity index (χ0v) is 14.0. The molecule has 5 nitrogen and oxygen atoms in total. The minimum absolute atomic E-state index is 0. The molecule has 3 N–H and O–H groups in total. The Morgan fingerprint density at radius 1 is 1.39 bits per heavy atom. The average Bonchev–Trinajstić information content (AvgIpc) is 2.34. The zero-order chi connectivity index (χ0) is 12.7. The van der Waals surface area contributed by atoms with E-state index < -0.39 is 0 Å². The average molecular weight is 370 g/mol. The number of ether oxygens (including phenoxy) is 1. The fourth-order valence-electron chi connectivity index (χ4n) is 2.15. The van der Waals surface area contributed by atoms with Gasteiger partial charge >= 0.3 is 0 Å². The number of hydrogen-bond acceptors (Lipinski definition) is 3. The van der Waals surface area contributed by atoms with E-state index in [1.165, 1.54) is 6.42 Å². The van der Waals surface area contributed by atoms with Gasteiger partial charge in [0.25, 0.3) is 0 Å². The van der Waals surface area contributed by atoms with Crippen molar-refractivity contribution in [1.82, 2.24) is 10.2 Å². The molecule has 18 heavy (non-hydrogen) atoms. The first-order valence-corrected chi connectivity index (χ1v) is 6.41. The van der Waals surface area contributed by atoms with Crippen molar-refractivity contribution in [1.29, 1.82) is 0 Å². The van der Waals surface area contributed by atoms with Crippen molar-refractivity contribution in [3.8, 4) is 0 Å². The fraction of sp³-hybridized carbons (Fsp3) is 0.917. The molecule has 1 saturated heterocycles. The summed E-state index contributed by atoms with van der Waals surface area (Å²) in [5, 5.41) is 3.18. The van der Waals surface area contributed by atoms with Crippen molar-refractivity contribution in [3.63, 3.8) is 0 Å². The maximum Gasteiger partial charge on any atom is 0.188 e. The van der Waals surface area contributed by atoms with Gasteiger partial charge in [0, 0.05) is 32.7 Å². The summed E-state index contributed by atoms with van der Waals surface area (Å²) >= 11 is 0. The van der Waals surface area contributed by atoms with Gasteiger partial charge in [-0.1, -0.05) is 13.8 Å². The van der Waals surface area contributed by atoms with Crippen LogP contribution in [-0.4, -0.2) is 56.8 Å². The topological polar surface area (TPSA) is 62.9 Å². The van der Waals surface area contributed by atoms with Gasteiger partial charge in [-0.25, -0.2) is 0 Å². The van der Waals surface area contributed by atoms with Crippen LogP contribution in [0.5, 0.6) is 0 Å². The van der Waals surface area contributed by atoms with Crippen LogP contribution in [0.4, 0.5) is 0 Å². The second-order valence-corrected chi connectivity index (χ2v) is 4.92. The predicted molar refractivity (Wildman–Crippen MR) is 86.6 cm³/mol. The van der Waals surface area contributed by atoms with Crippen LogP contribution in [-0.2, 0) is 4.74 Å². The Balaban J connectivity index is 0.00000289. The molecular formula is C12H27IN4O. The Kier molecular flexibility index (Phi) is 9.76. The summed E-state index contributed by atoms with van der Waals surface area (Å²) in [7, 11) is 1.70. The molecule has 0 amide bonds. The first-order valence-electron chi connectivity index (χ1n) is 6.41. The summed E-state index contributed by atoms with van der Waals surface area (Å²) in [4.78, 5) is 6.41. The molecule has 0 saturated carbocycles. The second kappa shape index (κ2) is 9.80. The molecule has 1 fully saturated rings. The molecule has 1 rings (SSSR count). The van der Waals surface area contributed by atoms with Crippen molar-refractivity contribution in [2.24, 2.45) is 16.6 Å². The lowest BCUT2D eigenvalue weighted by atomic mass is 10.0. The largest absolute Gasteiger partial charge is 0.379 e. The minimum Gasteiger partial charge on any atom is -0.379 e. The predicted octanol–water partition coefficient (Wildman–Crippen LogP) is 0.885. The normalized spacial score (nSPS) is 19.4. The van der Waals surface area contributed by atoms with E-state index in [-0.39, 0.29) is 24.0 Å². The Morgan fingerprint density at radius 2 is 2.00 bits per heavy atom. The van der Waals surface area contributed by atoms with E-state index in [4.69, 9.17) is 10.5 Å². The van der Waals surface area contributed by atoms with Gasteiger partial charge in [-0.05, 0) is 12.3 Å². The lowest BCUT2D eigenvalue weighted by Gasteiger charge is -2.35. The molecular weight excluding hydrogens is 343 g/mol. The standard InChI is InChI=1S/C12H26N4O.HI/c1-10(2)8-11(9-15-12(13)14-3)16-4-6-17-7-5-16;/h10-11H,4-9H2,1-3H3,(H3,13,14,15);1H. The van der Waals surface area contributed by atoms with E-state index in [2.05, 4.69) is 29.1 Å². The molecule has 0 aromatic heterocycles. The van der Waals surface area contributed by atoms with E-state index >= 15 is 0 Å². The molecule has 0 radical (unpaired) electrons. The second-order valence-electron chi connectivity index (χ2n) is 4.92. The third kappa shape index (κ3) is 6.75. The molecule has 1 unspecified atom stereocenters. The molecule has 1 aliphatic rings. The van der Waals surface area contributed by atoms with Gasteiger partial charge in [-0.15, -0.1) is 24.0 Å². The number of aliphatic imine (C=N–C) groups is 1. The molecule has 0 aromatic rings. The van der Waals surface area contributed by atoms with Crippen molar-refractivity contribution >= 4 is 29.9 Å². The van der Waals surface area contributed by atoms with E-state index in [0.717, 1.165) is 32.8 Å². The number of rotatable bonds is 5. The summed E-state index contributed by atoms with van der Waals surface area (Å²) in [6.07, 6.45) is 1.17. The number of hydrogen-bond donors (Lipinski definition) is 2. The number of nitrogens with one attached hydrogen (secondary N) is 1. The van der Waals surface area contributed by atoms with Gasteiger partial charge in [0.1, 0.15) is 0 Å². The fourth-order valence-corrected chi connectivity index (χ4v) is 2.15. The lowest BCUT2D eigenvalue weighted by Crippen LogP contribution is -2.50. The van der Waals surface area contributed by atoms with Crippen LogP contribution in [0.1, 0.15) is 20.3 Å². The van der Waals surface area contributed by atoms with Gasteiger partial charge < -0.3 is 15.8 Å². The molecule has 0 aliphatic carbocycles. The third-order valence-electron chi connectivity index (χ3n) is 3.07. The highest BCUT2D eigenvalue weighted by atomic mass is 127. The van der Waals surface area contributed by atoms with Crippen molar-refractivity contribution in [2.45, 2.75) is 26.3 Å². The van der Waals surface area contributed by atoms with Gasteiger partial charge in [0.15, 0.2) is 5.96 Å². The van der Waals surface area contributed by atoms with Crippen LogP contribution in [0.15, 0.2) is 4.99 Å². The van der Waals surface area contributed by atoms with Crippen molar-refractivity contribution < 1.29 is 4.74 Å². The van der Waals surface area contributed by atoms with Gasteiger partial charge in [-0.3, -0.25) is 9.89 Å². The van der Waals surface area contributed by atoms with Crippen LogP contribution in [0.2, 0.25) is 0 Å². The lowest BCUT2D eigenvalue weighted by molar-refractivity contribution is 0.0133. The molecule has 0 spiro atoms. The molecule has 1 atom stereocenters. The Bertz CT molecular complexity index is 242. The number of nitrogens with zero attached hydrogens (tertiary/aromatic N) is 2. The molecule has 0 aromatic carbocycles. The number of morpholine rings is 1. The Morgan fingerprint density at radius 3 is 2.50 bits per heavy atom. The molecule has 1 heterocycles. The van der Waals surface area contributed by atoms with Crippen LogP contribution >= 0.6 is 24.0 Å². The number of halogens is 1. The van der Waals surface area contributed by atoms with E-state index in [1.807, 2.05) is 0 Å². The highest BCUT2D eigenvalue weighted by molar-refractivity contribution is 14.0. The molecule has 1 aliphatic heterocycles. The van der Waals surface area contributed by atoms with Gasteiger partial charge in [0.2, 0.25) is 0 Å². The van der Waals surface area contributed by atoms with E-state index in [1.54, 1.807) is 7.05 Å². The van der Waals surface area contributed by atoms with E-state index in [0.29, 0.717) is 17.9 Å². The van der Waals surface area contributed by atoms with Crippen LogP contribution in [0, 0.1) is 5.92 Å². The summed E-state index contributed by atoms with van der Waals surface area (Å²) < 4.78 is 5.39. The number of guanidine groups is 1. The maximum absolute atomic E-state index is 5.68. The summed E-state index contributed by atoms with van der Waals surface area (Å²) in [5.41, 5.74) is 5.68. The summed E-state index contributed by atoms with van der Waals surface area (Å²) in [6.45, 7) is 9.08. The van der Waals surface area contributed by atoms with Crippen molar-refractivity contribution in [2.75, 3.05) is 39.9 Å². The van der Waals surface area contributed by atoms with Gasteiger partial charge in [0.05, 0.1) is 13.2 Å². The van der Waals surface area contributed by atoms with Crippen LogP contribution < -0.4 is 11.1 Å². The third-order valence-corrected chi connectivity index (χ3v) is 3.07. The van der Waals surface area contributed by atoms with Gasteiger partial charge in [-0.2, -0.15) is 0 Å². The minimum atomic E-state index is 0. The highest BCUT2D eigenvalue weighted by Crippen LogP contribution is 2.12. The SMILES string of the molecule is CN=C(N)NCC(CC(C)C)N1CCOCC1.I. The summed E-state index contributed by atoms with van der Waals surface area (Å²) in [6, 6.07) is 0.513. The Labute approximate surface area is 128 Å². The zero-order valence-electron chi connectivity index (χ0n) is 11.7. The highest BCUT2D eigenvalue weighted by Gasteiger charge is 2.21.